The molecule has 0 bridgehead atoms. The van der Waals surface area contributed by atoms with Crippen LogP contribution in [-0.2, 0) is 28.6 Å². The summed E-state index contributed by atoms with van der Waals surface area (Å²) >= 11 is 0. The predicted octanol–water partition coefficient (Wildman–Crippen LogP) is -5.96. The second-order valence-electron chi connectivity index (χ2n) is 4.42. The van der Waals surface area contributed by atoms with Crippen molar-refractivity contribution in [3.05, 3.63) is 0 Å². The number of ether oxygens (including phenoxy) is 2. The van der Waals surface area contributed by atoms with Gasteiger partial charge in [-0.3, -0.25) is 0 Å². The van der Waals surface area contributed by atoms with Gasteiger partial charge in [0, 0.05) is 6.54 Å². The summed E-state index contributed by atoms with van der Waals surface area (Å²) in [7, 11) is -2.18. The van der Waals surface area contributed by atoms with E-state index in [4.69, 9.17) is 9.47 Å². The summed E-state index contributed by atoms with van der Waals surface area (Å²) in [6, 6.07) is 0. The third kappa shape index (κ3) is 8.58. The van der Waals surface area contributed by atoms with Gasteiger partial charge in [0.2, 0.25) is 0 Å². The minimum atomic E-state index is -2.18. The molecule has 5 atom stereocenters. The molecule has 1 aliphatic heterocycles. The average Bonchev–Trinajstić information content (AvgIpc) is 2.43. The van der Waals surface area contributed by atoms with E-state index in [9.17, 15) is 33.6 Å². The molecule has 13 heteroatoms. The number of rotatable bonds is 6. The summed E-state index contributed by atoms with van der Waals surface area (Å²) in [6.07, 6.45) is -8.35. The first-order valence-electron chi connectivity index (χ1n) is 6.17. The number of nitrogens with one attached hydrogen (secondary N) is 1. The zero-order valence-corrected chi connectivity index (χ0v) is 15.2. The van der Waals surface area contributed by atoms with Crippen molar-refractivity contribution < 1.29 is 78.1 Å². The number of hydrogen-bond acceptors (Lipinski definition) is 11. The van der Waals surface area contributed by atoms with Crippen molar-refractivity contribution in [2.45, 2.75) is 37.1 Å². The van der Waals surface area contributed by atoms with E-state index >= 15 is 0 Å². The Hall–Kier alpha value is -0.0200. The molecular weight excluding hydrogens is 349 g/mol. The van der Waals surface area contributed by atoms with Crippen LogP contribution >= 0.6 is 0 Å². The van der Waals surface area contributed by atoms with Crippen LogP contribution in [0, 0.1) is 0 Å². The molecule has 132 valence electrons. The maximum Gasteiger partial charge on any atom is 1.00 e. The second kappa shape index (κ2) is 12.4. The number of aliphatic hydroxyl groups is 4. The van der Waals surface area contributed by atoms with E-state index in [1.807, 2.05) is 0 Å². The SMILES string of the molecule is O=C(NCCC[S-](=O)=O)OC[C@H]1O[C@H](O)[C@H](O)[C@@H](O)[C@@H]1O.[Na+].[OH-]. The smallest absolute Gasteiger partial charge is 0.870 e. The molecule has 0 spiro atoms. The van der Waals surface area contributed by atoms with Gasteiger partial charge in [-0.2, -0.15) is 0 Å². The van der Waals surface area contributed by atoms with Crippen molar-refractivity contribution in [3.8, 4) is 0 Å². The van der Waals surface area contributed by atoms with Crippen molar-refractivity contribution in [1.82, 2.24) is 5.32 Å². The summed E-state index contributed by atoms with van der Waals surface area (Å²) in [5, 5.41) is 39.8. The van der Waals surface area contributed by atoms with Gasteiger partial charge in [-0.05, 0) is 6.42 Å². The molecule has 23 heavy (non-hydrogen) atoms. The first-order valence-corrected chi connectivity index (χ1v) is 7.41. The van der Waals surface area contributed by atoms with E-state index in [-0.39, 0.29) is 53.8 Å². The Balaban J connectivity index is 0. The molecule has 1 saturated heterocycles. The molecule has 6 N–H and O–H groups in total. The molecule has 1 heterocycles. The quantitative estimate of drug-likeness (QED) is 0.171. The molecule has 1 amide bonds. The van der Waals surface area contributed by atoms with Gasteiger partial charge >= 0.3 is 35.7 Å². The van der Waals surface area contributed by atoms with Crippen LogP contribution in [0.25, 0.3) is 0 Å². The molecule has 1 fully saturated rings. The minimum absolute atomic E-state index is 0. The van der Waals surface area contributed by atoms with Crippen LogP contribution < -0.4 is 34.9 Å². The van der Waals surface area contributed by atoms with Crippen LogP contribution in [0.2, 0.25) is 0 Å². The average molecular weight is 368 g/mol. The summed E-state index contributed by atoms with van der Waals surface area (Å²) < 4.78 is 30.0. The number of alkyl carbamates (subject to hydrolysis) is 1. The first kappa shape index (κ1) is 25.2. The Kier molecular flexibility index (Phi) is 13.6. The largest absolute Gasteiger partial charge is 1.00 e. The molecule has 0 saturated carbocycles. The molecule has 0 unspecified atom stereocenters. The molecule has 0 radical (unpaired) electrons. The number of carbonyl (C=O) groups excluding carboxylic acids is 1. The Morgan fingerprint density at radius 2 is 1.74 bits per heavy atom. The maximum absolute atomic E-state index is 11.3. The summed E-state index contributed by atoms with van der Waals surface area (Å²) in [5.74, 6) is -0.0962. The molecule has 1 rings (SSSR count). The fourth-order valence-corrected chi connectivity index (χ4v) is 2.04. The van der Waals surface area contributed by atoms with Crippen LogP contribution in [0.4, 0.5) is 4.79 Å². The second-order valence-corrected chi connectivity index (χ2v) is 5.44. The van der Waals surface area contributed by atoms with Gasteiger partial charge in [-0.25, -0.2) is 4.79 Å². The van der Waals surface area contributed by atoms with Crippen molar-refractivity contribution in [3.63, 3.8) is 0 Å². The van der Waals surface area contributed by atoms with E-state index in [0.717, 1.165) is 0 Å². The van der Waals surface area contributed by atoms with Crippen LogP contribution in [0.5, 0.6) is 0 Å². The molecule has 1 aliphatic rings. The van der Waals surface area contributed by atoms with Crippen molar-refractivity contribution in [2.75, 3.05) is 18.9 Å². The molecule has 0 aromatic carbocycles. The summed E-state index contributed by atoms with van der Waals surface area (Å²) in [4.78, 5) is 11.3. The van der Waals surface area contributed by atoms with Crippen molar-refractivity contribution >= 4 is 16.8 Å². The van der Waals surface area contributed by atoms with Crippen LogP contribution in [-0.4, -0.2) is 81.6 Å². The van der Waals surface area contributed by atoms with Crippen LogP contribution in [0.15, 0.2) is 0 Å². The van der Waals surface area contributed by atoms with Gasteiger partial charge in [0.25, 0.3) is 0 Å². The van der Waals surface area contributed by atoms with Crippen molar-refractivity contribution in [1.29, 1.82) is 0 Å². The Morgan fingerprint density at radius 1 is 1.13 bits per heavy atom. The molecular formula is C10H19NNaO10S-. The number of aliphatic hydroxyl groups excluding tert-OH is 4. The van der Waals surface area contributed by atoms with Crippen molar-refractivity contribution in [2.24, 2.45) is 0 Å². The van der Waals surface area contributed by atoms with E-state index < -0.39 is 54.1 Å². The monoisotopic (exact) mass is 368 g/mol. The Labute approximate surface area is 156 Å². The van der Waals surface area contributed by atoms with Gasteiger partial charge in [-0.15, -0.1) is 0 Å². The van der Waals surface area contributed by atoms with Crippen LogP contribution in [0.1, 0.15) is 6.42 Å². The summed E-state index contributed by atoms with van der Waals surface area (Å²) in [6.45, 7) is -0.369. The Bertz CT molecular complexity index is 414. The topological polar surface area (TPSA) is 193 Å². The predicted molar refractivity (Wildman–Crippen MR) is 68.4 cm³/mol. The van der Waals surface area contributed by atoms with Crippen LogP contribution in [0.3, 0.4) is 0 Å². The fraction of sp³-hybridized carbons (Fsp3) is 0.900. The van der Waals surface area contributed by atoms with Gasteiger partial charge < -0.3 is 49.1 Å². The number of amides is 1. The third-order valence-electron chi connectivity index (χ3n) is 2.82. The van der Waals surface area contributed by atoms with Gasteiger partial charge in [0.1, 0.15) is 31.0 Å². The van der Waals surface area contributed by atoms with E-state index in [0.29, 0.717) is 0 Å². The zero-order chi connectivity index (χ0) is 16.0. The molecule has 0 aromatic heterocycles. The molecule has 0 aromatic rings. The maximum atomic E-state index is 11.3. The van der Waals surface area contributed by atoms with Gasteiger partial charge in [0.05, 0.1) is 0 Å². The standard InChI is InChI=1S/C10H18NO9S.Na.H2O/c12-6-5(20-9(15)8(14)7(6)13)4-19-10(16)11-2-1-3-21(17)18;;/h5-9,12-15H,1-4H2,(H,11,16);;1H2/q-1;+1;/p-1/t5-,6-,7+,8-,9+;;/m1../s1. The third-order valence-corrected chi connectivity index (χ3v) is 3.44. The fourth-order valence-electron chi connectivity index (χ4n) is 1.66. The zero-order valence-electron chi connectivity index (χ0n) is 12.4. The number of hydrogen-bond donors (Lipinski definition) is 5. The summed E-state index contributed by atoms with van der Waals surface area (Å²) in [5.41, 5.74) is 0. The number of carbonyl (C=O) groups is 1. The molecule has 11 nitrogen and oxygen atoms in total. The van der Waals surface area contributed by atoms with Gasteiger partial charge in [0.15, 0.2) is 6.29 Å². The van der Waals surface area contributed by atoms with E-state index in [1.165, 1.54) is 0 Å². The van der Waals surface area contributed by atoms with Gasteiger partial charge in [-0.1, -0.05) is 16.5 Å². The van der Waals surface area contributed by atoms with E-state index in [1.54, 1.807) is 0 Å². The van der Waals surface area contributed by atoms with E-state index in [2.05, 4.69) is 5.32 Å². The normalized spacial score (nSPS) is 30.0. The minimum Gasteiger partial charge on any atom is -0.870 e. The molecule has 0 aliphatic carbocycles. The first-order chi connectivity index (χ1) is 9.82. The Morgan fingerprint density at radius 3 is 2.30 bits per heavy atom.